The lowest BCUT2D eigenvalue weighted by atomic mass is 10.1. The molecule has 112 valence electrons. The predicted molar refractivity (Wildman–Crippen MR) is 77.0 cm³/mol. The van der Waals surface area contributed by atoms with Gasteiger partial charge in [0.2, 0.25) is 0 Å². The molecule has 1 saturated carbocycles. The molecule has 0 aromatic carbocycles. The Labute approximate surface area is 122 Å². The number of hydrogen-bond acceptors (Lipinski definition) is 5. The van der Waals surface area contributed by atoms with Crippen LogP contribution < -0.4 is 5.32 Å². The highest BCUT2D eigenvalue weighted by molar-refractivity contribution is 6.06. The molecular weight excluding hydrogens is 270 g/mol. The van der Waals surface area contributed by atoms with Crippen LogP contribution in [-0.4, -0.2) is 33.8 Å². The van der Waals surface area contributed by atoms with Crippen LogP contribution in [0.2, 0.25) is 0 Å². The van der Waals surface area contributed by atoms with E-state index in [2.05, 4.69) is 15.5 Å². The van der Waals surface area contributed by atoms with Crippen molar-refractivity contribution in [1.82, 2.24) is 15.5 Å². The number of carbonyl (C=O) groups excluding carboxylic acids is 1. The number of aliphatic hydroxyl groups is 1. The van der Waals surface area contributed by atoms with E-state index in [0.717, 1.165) is 12.8 Å². The first-order chi connectivity index (χ1) is 10.1. The van der Waals surface area contributed by atoms with Crippen molar-refractivity contribution < 1.29 is 14.4 Å². The number of amides is 1. The Morgan fingerprint density at radius 2 is 2.29 bits per heavy atom. The van der Waals surface area contributed by atoms with Gasteiger partial charge in [0.25, 0.3) is 11.6 Å². The predicted octanol–water partition coefficient (Wildman–Crippen LogP) is 1.73. The Balaban J connectivity index is 1.91. The maximum absolute atomic E-state index is 12.6. The number of rotatable bonds is 5. The second kappa shape index (κ2) is 5.44. The van der Waals surface area contributed by atoms with E-state index in [1.807, 2.05) is 6.92 Å². The molecule has 0 spiro atoms. The molecule has 2 aromatic rings. The lowest BCUT2D eigenvalue weighted by Crippen LogP contribution is -2.37. The number of aryl methyl sites for hydroxylation is 2. The number of hydrogen-bond donors (Lipinski definition) is 2. The lowest BCUT2D eigenvalue weighted by Gasteiger charge is -2.17. The average Bonchev–Trinajstić information content (AvgIpc) is 3.22. The lowest BCUT2D eigenvalue weighted by molar-refractivity contribution is 0.0925. The number of pyridine rings is 1. The van der Waals surface area contributed by atoms with Crippen LogP contribution in [0.3, 0.4) is 0 Å². The molecule has 0 bridgehead atoms. The number of nitrogens with zero attached hydrogens (tertiary/aromatic N) is 2. The maximum Gasteiger partial charge on any atom is 0.258 e. The Morgan fingerprint density at radius 3 is 2.95 bits per heavy atom. The van der Waals surface area contributed by atoms with E-state index >= 15 is 0 Å². The molecule has 1 amide bonds. The quantitative estimate of drug-likeness (QED) is 0.875. The minimum Gasteiger partial charge on any atom is -0.396 e. The Hall–Kier alpha value is -1.95. The van der Waals surface area contributed by atoms with Crippen molar-refractivity contribution in [3.63, 3.8) is 0 Å². The van der Waals surface area contributed by atoms with Gasteiger partial charge < -0.3 is 14.9 Å². The minimum absolute atomic E-state index is 0.0335. The monoisotopic (exact) mass is 289 g/mol. The summed E-state index contributed by atoms with van der Waals surface area (Å²) in [5.74, 6) is 0.338. The molecule has 2 aromatic heterocycles. The zero-order valence-electron chi connectivity index (χ0n) is 12.2. The number of fused-ring (bicyclic) bond motifs is 1. The van der Waals surface area contributed by atoms with Crippen LogP contribution in [-0.2, 0) is 0 Å². The zero-order chi connectivity index (χ0) is 15.0. The Kier molecular flexibility index (Phi) is 3.63. The van der Waals surface area contributed by atoms with Crippen molar-refractivity contribution in [3.05, 3.63) is 23.0 Å². The molecule has 0 saturated heterocycles. The zero-order valence-corrected chi connectivity index (χ0v) is 12.2. The van der Waals surface area contributed by atoms with E-state index in [0.29, 0.717) is 40.4 Å². The highest BCUT2D eigenvalue weighted by Gasteiger charge is 2.32. The minimum atomic E-state index is -0.151. The second-order valence-electron chi connectivity index (χ2n) is 5.69. The number of aliphatic hydroxyl groups excluding tert-OH is 1. The molecule has 1 atom stereocenters. The molecule has 6 heteroatoms. The van der Waals surface area contributed by atoms with Crippen LogP contribution in [0.15, 0.2) is 10.6 Å². The number of carbonyl (C=O) groups is 1. The average molecular weight is 289 g/mol. The smallest absolute Gasteiger partial charge is 0.258 e. The molecular formula is C15H19N3O3. The summed E-state index contributed by atoms with van der Waals surface area (Å²) < 4.78 is 5.15. The van der Waals surface area contributed by atoms with Gasteiger partial charge in [0, 0.05) is 18.3 Å². The first-order valence-electron chi connectivity index (χ1n) is 7.25. The van der Waals surface area contributed by atoms with Gasteiger partial charge in [0.15, 0.2) is 0 Å². The van der Waals surface area contributed by atoms with Crippen molar-refractivity contribution in [2.75, 3.05) is 6.61 Å². The first kappa shape index (κ1) is 14.0. The summed E-state index contributed by atoms with van der Waals surface area (Å²) in [6.07, 6.45) is 2.82. The summed E-state index contributed by atoms with van der Waals surface area (Å²) in [6.45, 7) is 3.70. The third-order valence-corrected chi connectivity index (χ3v) is 3.94. The van der Waals surface area contributed by atoms with Gasteiger partial charge in [-0.2, -0.15) is 0 Å². The molecule has 2 heterocycles. The van der Waals surface area contributed by atoms with E-state index in [1.54, 1.807) is 13.0 Å². The van der Waals surface area contributed by atoms with E-state index in [-0.39, 0.29) is 18.6 Å². The fraction of sp³-hybridized carbons (Fsp3) is 0.533. The van der Waals surface area contributed by atoms with Gasteiger partial charge >= 0.3 is 0 Å². The van der Waals surface area contributed by atoms with Crippen LogP contribution in [0.5, 0.6) is 0 Å². The van der Waals surface area contributed by atoms with Crippen LogP contribution in [0.1, 0.15) is 41.0 Å². The van der Waals surface area contributed by atoms with Crippen LogP contribution in [0, 0.1) is 19.8 Å². The third kappa shape index (κ3) is 2.76. The van der Waals surface area contributed by atoms with Crippen LogP contribution >= 0.6 is 0 Å². The molecule has 1 aliphatic rings. The molecule has 2 N–H and O–H groups in total. The fourth-order valence-corrected chi connectivity index (χ4v) is 2.71. The largest absolute Gasteiger partial charge is 0.396 e. The highest BCUT2D eigenvalue weighted by atomic mass is 16.5. The Bertz CT molecular complexity index is 676. The van der Waals surface area contributed by atoms with Crippen LogP contribution in [0.4, 0.5) is 0 Å². The van der Waals surface area contributed by atoms with Crippen LogP contribution in [0.25, 0.3) is 11.1 Å². The van der Waals surface area contributed by atoms with Gasteiger partial charge in [-0.1, -0.05) is 5.16 Å². The SMILES string of the molecule is Cc1cc(C(=O)NC(CCO)C2CC2)c2c(C)noc2n1. The van der Waals surface area contributed by atoms with Gasteiger partial charge in [-0.05, 0) is 45.1 Å². The van der Waals surface area contributed by atoms with Gasteiger partial charge in [0.1, 0.15) is 0 Å². The standard InChI is InChI=1S/C15H19N3O3/c1-8-7-11(13-9(2)18-21-15(13)16-8)14(20)17-12(5-6-19)10-3-4-10/h7,10,12,19H,3-6H2,1-2H3,(H,17,20). The van der Waals surface area contributed by atoms with E-state index in [4.69, 9.17) is 9.63 Å². The molecule has 3 rings (SSSR count). The van der Waals surface area contributed by atoms with Crippen molar-refractivity contribution in [2.45, 2.75) is 39.2 Å². The number of nitrogens with one attached hydrogen (secondary N) is 1. The summed E-state index contributed by atoms with van der Waals surface area (Å²) in [4.78, 5) is 16.8. The van der Waals surface area contributed by atoms with Crippen molar-refractivity contribution >= 4 is 17.0 Å². The summed E-state index contributed by atoms with van der Waals surface area (Å²) in [5.41, 5.74) is 2.31. The summed E-state index contributed by atoms with van der Waals surface area (Å²) in [7, 11) is 0. The topological polar surface area (TPSA) is 88.2 Å². The summed E-state index contributed by atoms with van der Waals surface area (Å²) >= 11 is 0. The normalized spacial score (nSPS) is 16.1. The van der Waals surface area contributed by atoms with Gasteiger partial charge in [-0.15, -0.1) is 0 Å². The molecule has 1 aliphatic carbocycles. The van der Waals surface area contributed by atoms with Gasteiger partial charge in [0.05, 0.1) is 16.6 Å². The summed E-state index contributed by atoms with van der Waals surface area (Å²) in [6, 6.07) is 1.79. The molecule has 0 aliphatic heterocycles. The van der Waals surface area contributed by atoms with Crippen molar-refractivity contribution in [3.8, 4) is 0 Å². The highest BCUT2D eigenvalue weighted by Crippen LogP contribution is 2.34. The fourth-order valence-electron chi connectivity index (χ4n) is 2.71. The molecule has 1 fully saturated rings. The Morgan fingerprint density at radius 1 is 1.52 bits per heavy atom. The second-order valence-corrected chi connectivity index (χ2v) is 5.69. The van der Waals surface area contributed by atoms with E-state index in [1.165, 1.54) is 0 Å². The maximum atomic E-state index is 12.6. The molecule has 0 radical (unpaired) electrons. The third-order valence-electron chi connectivity index (χ3n) is 3.94. The van der Waals surface area contributed by atoms with Gasteiger partial charge in [-0.25, -0.2) is 4.98 Å². The van der Waals surface area contributed by atoms with Crippen molar-refractivity contribution in [1.29, 1.82) is 0 Å². The molecule has 21 heavy (non-hydrogen) atoms. The van der Waals surface area contributed by atoms with E-state index < -0.39 is 0 Å². The summed E-state index contributed by atoms with van der Waals surface area (Å²) in [5, 5.41) is 16.7. The van der Waals surface area contributed by atoms with E-state index in [9.17, 15) is 4.79 Å². The van der Waals surface area contributed by atoms with Gasteiger partial charge in [-0.3, -0.25) is 4.79 Å². The molecule has 1 unspecified atom stereocenters. The first-order valence-corrected chi connectivity index (χ1v) is 7.25. The number of aromatic nitrogens is 2. The molecule has 6 nitrogen and oxygen atoms in total. The van der Waals surface area contributed by atoms with Crippen molar-refractivity contribution in [2.24, 2.45) is 5.92 Å².